The Morgan fingerprint density at radius 2 is 1.35 bits per heavy atom. The van der Waals surface area contributed by atoms with Crippen LogP contribution in [0.25, 0.3) is 0 Å². The molecular weight excluding hydrogens is 719 g/mol. The summed E-state index contributed by atoms with van der Waals surface area (Å²) in [7, 11) is 3.01. The van der Waals surface area contributed by atoms with Crippen LogP contribution in [-0.2, 0) is 6.18 Å². The highest BCUT2D eigenvalue weighted by Crippen LogP contribution is 2.37. The number of amides is 2. The molecule has 0 fully saturated rings. The Balaban J connectivity index is 0.000000366. The van der Waals surface area contributed by atoms with Gasteiger partial charge in [-0.05, 0) is 71.5 Å². The highest BCUT2D eigenvalue weighted by molar-refractivity contribution is 14.1. The molecule has 4 aromatic rings. The predicted molar refractivity (Wildman–Crippen MR) is 175 cm³/mol. The van der Waals surface area contributed by atoms with Gasteiger partial charge in [-0.1, -0.05) is 54.9 Å². The van der Waals surface area contributed by atoms with Crippen LogP contribution in [0, 0.1) is 10.5 Å². The number of rotatable bonds is 4. The SMILES string of the molecule is C.CNC(=O)c1ccccc1N.CNC(=O)c1ccccc1Nc1cc(Cl)ncc1C(F)(F)F.Cc1cnc(Cl)cc1I. The number of nitrogens with two attached hydrogens (primary N) is 1. The third kappa shape index (κ3) is 11.5. The van der Waals surface area contributed by atoms with E-state index in [0.717, 1.165) is 9.64 Å². The van der Waals surface area contributed by atoms with E-state index >= 15 is 0 Å². The molecule has 0 aliphatic rings. The van der Waals surface area contributed by atoms with Crippen LogP contribution in [0.2, 0.25) is 10.3 Å². The van der Waals surface area contributed by atoms with Crippen molar-refractivity contribution in [2.24, 2.45) is 0 Å². The minimum atomic E-state index is -4.60. The van der Waals surface area contributed by atoms with Crippen molar-refractivity contribution < 1.29 is 22.8 Å². The molecule has 0 unspecified atom stereocenters. The van der Waals surface area contributed by atoms with Gasteiger partial charge in [-0.2, -0.15) is 13.2 Å². The van der Waals surface area contributed by atoms with Crippen molar-refractivity contribution >= 4 is 74.7 Å². The Morgan fingerprint density at radius 1 is 0.837 bits per heavy atom. The summed E-state index contributed by atoms with van der Waals surface area (Å²) in [4.78, 5) is 30.2. The lowest BCUT2D eigenvalue weighted by Crippen LogP contribution is -2.19. The summed E-state index contributed by atoms with van der Waals surface area (Å²) < 4.78 is 40.2. The summed E-state index contributed by atoms with van der Waals surface area (Å²) in [5.41, 5.74) is 6.93. The van der Waals surface area contributed by atoms with Gasteiger partial charge in [0, 0.05) is 35.7 Å². The summed E-state index contributed by atoms with van der Waals surface area (Å²) in [6.45, 7) is 2.01. The van der Waals surface area contributed by atoms with Crippen molar-refractivity contribution in [2.45, 2.75) is 20.5 Å². The van der Waals surface area contributed by atoms with Gasteiger partial charge in [0.25, 0.3) is 11.8 Å². The second kappa shape index (κ2) is 17.5. The van der Waals surface area contributed by atoms with E-state index in [1.807, 2.05) is 13.0 Å². The Kier molecular flexibility index (Phi) is 15.2. The van der Waals surface area contributed by atoms with Crippen LogP contribution >= 0.6 is 45.8 Å². The average molecular weight is 749 g/mol. The molecule has 43 heavy (non-hydrogen) atoms. The second-order valence-corrected chi connectivity index (χ2v) is 10.2. The minimum absolute atomic E-state index is 0. The molecule has 0 radical (unpaired) electrons. The van der Waals surface area contributed by atoms with Crippen LogP contribution in [0.3, 0.4) is 0 Å². The first-order valence-electron chi connectivity index (χ1n) is 11.9. The summed E-state index contributed by atoms with van der Waals surface area (Å²) in [5.74, 6) is -0.570. The first kappa shape index (κ1) is 37.4. The number of aryl methyl sites for hydroxylation is 1. The van der Waals surface area contributed by atoms with Crippen LogP contribution in [-0.4, -0.2) is 35.9 Å². The van der Waals surface area contributed by atoms with E-state index in [1.54, 1.807) is 49.6 Å². The minimum Gasteiger partial charge on any atom is -0.398 e. The van der Waals surface area contributed by atoms with Gasteiger partial charge >= 0.3 is 6.18 Å². The number of nitrogens with zero attached hydrogens (tertiary/aromatic N) is 2. The molecule has 0 saturated heterocycles. The Morgan fingerprint density at radius 3 is 1.88 bits per heavy atom. The van der Waals surface area contributed by atoms with E-state index in [-0.39, 0.29) is 35.4 Å². The van der Waals surface area contributed by atoms with Gasteiger partial charge in [-0.15, -0.1) is 0 Å². The molecule has 5 N–H and O–H groups in total. The number of halogens is 6. The van der Waals surface area contributed by atoms with Crippen LogP contribution in [0.4, 0.5) is 30.2 Å². The number of nitrogen functional groups attached to an aromatic ring is 1. The standard InChI is InChI=1S/C14H11ClF3N3O.C8H10N2O.C6H5ClIN.CH4/c1-19-13(22)8-4-2-3-5-10(8)21-11-6-12(15)20-7-9(11)14(16,17)18;1-10-8(11)6-4-2-3-5-7(6)9;1-4-3-9-6(7)2-5(4)8;/h2-7H,1H3,(H,19,22)(H,20,21);2-5H,9H2,1H3,(H,10,11);2-3H,1H3;1H4. The quantitative estimate of drug-likeness (QED) is 0.0962. The van der Waals surface area contributed by atoms with Crippen molar-refractivity contribution in [1.82, 2.24) is 20.6 Å². The maximum absolute atomic E-state index is 13.0. The first-order valence-corrected chi connectivity index (χ1v) is 13.8. The molecule has 0 spiro atoms. The molecule has 230 valence electrons. The maximum Gasteiger partial charge on any atom is 0.419 e. The number of pyridine rings is 2. The molecule has 0 saturated carbocycles. The predicted octanol–water partition coefficient (Wildman–Crippen LogP) is 7.77. The highest BCUT2D eigenvalue weighted by Gasteiger charge is 2.34. The van der Waals surface area contributed by atoms with Crippen molar-refractivity contribution in [3.63, 3.8) is 0 Å². The Labute approximate surface area is 271 Å². The van der Waals surface area contributed by atoms with Crippen LogP contribution < -0.4 is 21.7 Å². The largest absolute Gasteiger partial charge is 0.419 e. The molecule has 0 atom stereocenters. The van der Waals surface area contributed by atoms with Crippen LogP contribution in [0.1, 0.15) is 39.3 Å². The number of hydrogen-bond acceptors (Lipinski definition) is 6. The molecule has 0 aliphatic heterocycles. The van der Waals surface area contributed by atoms with Crippen LogP contribution in [0.15, 0.2) is 73.1 Å². The molecule has 0 bridgehead atoms. The molecular formula is C29H30Cl2F3IN6O2. The smallest absolute Gasteiger partial charge is 0.398 e. The van der Waals surface area contributed by atoms with Gasteiger partial charge in [-0.3, -0.25) is 9.59 Å². The fourth-order valence-corrected chi connectivity index (χ4v) is 4.08. The normalized spacial score (nSPS) is 10.1. The number of hydrogen-bond donors (Lipinski definition) is 4. The lowest BCUT2D eigenvalue weighted by molar-refractivity contribution is -0.137. The number of anilines is 3. The van der Waals surface area contributed by atoms with Crippen LogP contribution in [0.5, 0.6) is 0 Å². The zero-order valence-corrected chi connectivity index (χ0v) is 26.2. The van der Waals surface area contributed by atoms with E-state index in [2.05, 4.69) is 48.5 Å². The van der Waals surface area contributed by atoms with E-state index in [4.69, 9.17) is 28.9 Å². The Bertz CT molecular complexity index is 1540. The molecule has 2 amide bonds. The van der Waals surface area contributed by atoms with E-state index in [1.165, 1.54) is 24.7 Å². The van der Waals surface area contributed by atoms with Gasteiger partial charge in [0.15, 0.2) is 0 Å². The summed E-state index contributed by atoms with van der Waals surface area (Å²) in [6.07, 6.45) is -2.18. The fraction of sp³-hybridized carbons (Fsp3) is 0.172. The van der Waals surface area contributed by atoms with Crippen molar-refractivity contribution in [3.8, 4) is 0 Å². The monoisotopic (exact) mass is 748 g/mol. The molecule has 4 rings (SSSR count). The first-order chi connectivity index (χ1) is 19.8. The van der Waals surface area contributed by atoms with E-state index in [9.17, 15) is 22.8 Å². The average Bonchev–Trinajstić information content (AvgIpc) is 2.95. The number of carbonyl (C=O) groups excluding carboxylic acids is 2. The van der Waals surface area contributed by atoms with E-state index < -0.39 is 17.6 Å². The van der Waals surface area contributed by atoms with Gasteiger partial charge in [0.1, 0.15) is 10.3 Å². The number of nitrogens with one attached hydrogen (secondary N) is 3. The zero-order chi connectivity index (χ0) is 31.4. The lowest BCUT2D eigenvalue weighted by Gasteiger charge is -2.16. The fourth-order valence-electron chi connectivity index (χ4n) is 3.14. The number of alkyl halides is 3. The summed E-state index contributed by atoms with van der Waals surface area (Å²) >= 11 is 13.5. The highest BCUT2D eigenvalue weighted by atomic mass is 127. The van der Waals surface area contributed by atoms with Gasteiger partial charge in [-0.25, -0.2) is 9.97 Å². The van der Waals surface area contributed by atoms with Gasteiger partial charge < -0.3 is 21.7 Å². The Hall–Kier alpha value is -3.62. The van der Waals surface area contributed by atoms with Crippen molar-refractivity contribution in [1.29, 1.82) is 0 Å². The third-order valence-electron chi connectivity index (χ3n) is 5.28. The molecule has 2 aromatic carbocycles. The van der Waals surface area contributed by atoms with E-state index in [0.29, 0.717) is 22.6 Å². The second-order valence-electron chi connectivity index (χ2n) is 8.22. The van der Waals surface area contributed by atoms with Crippen molar-refractivity contribution in [3.05, 3.63) is 109 Å². The lowest BCUT2D eigenvalue weighted by atomic mass is 10.1. The molecule has 2 heterocycles. The summed E-state index contributed by atoms with van der Waals surface area (Å²) in [6, 6.07) is 16.1. The maximum atomic E-state index is 13.0. The topological polar surface area (TPSA) is 122 Å². The summed E-state index contributed by atoms with van der Waals surface area (Å²) in [5, 5.41) is 8.00. The van der Waals surface area contributed by atoms with Gasteiger partial charge in [0.2, 0.25) is 0 Å². The molecule has 0 aliphatic carbocycles. The number of para-hydroxylation sites is 2. The molecule has 2 aromatic heterocycles. The van der Waals surface area contributed by atoms with Crippen molar-refractivity contribution in [2.75, 3.05) is 25.1 Å². The van der Waals surface area contributed by atoms with Gasteiger partial charge in [0.05, 0.1) is 28.1 Å². The zero-order valence-electron chi connectivity index (χ0n) is 22.5. The third-order valence-corrected chi connectivity index (χ3v) is 6.86. The molecule has 14 heteroatoms. The molecule has 8 nitrogen and oxygen atoms in total. The number of benzene rings is 2. The number of aromatic nitrogens is 2. The number of carbonyl (C=O) groups is 2.